The minimum Gasteiger partial charge on any atom is -0.378 e. The summed E-state index contributed by atoms with van der Waals surface area (Å²) in [6.07, 6.45) is 0.756. The van der Waals surface area contributed by atoms with Gasteiger partial charge >= 0.3 is 5.97 Å². The largest absolute Gasteiger partial charge is 0.378 e. The van der Waals surface area contributed by atoms with Crippen molar-refractivity contribution in [2.24, 2.45) is 0 Å². The summed E-state index contributed by atoms with van der Waals surface area (Å²) in [5.41, 5.74) is 1.01. The number of hydrogen-bond donors (Lipinski definition) is 1. The van der Waals surface area contributed by atoms with E-state index in [1.54, 1.807) is 24.3 Å². The van der Waals surface area contributed by atoms with E-state index < -0.39 is 17.8 Å². The van der Waals surface area contributed by atoms with Crippen LogP contribution in [0.15, 0.2) is 24.3 Å². The lowest BCUT2D eigenvalue weighted by Gasteiger charge is -2.12. The van der Waals surface area contributed by atoms with Crippen molar-refractivity contribution in [1.82, 2.24) is 10.4 Å². The zero-order valence-corrected chi connectivity index (χ0v) is 34.0. The van der Waals surface area contributed by atoms with Gasteiger partial charge in [-0.3, -0.25) is 19.2 Å². The molecule has 20 heteroatoms. The van der Waals surface area contributed by atoms with E-state index in [-0.39, 0.29) is 38.4 Å². The minimum absolute atomic E-state index is 0.0532. The van der Waals surface area contributed by atoms with Gasteiger partial charge in [0.15, 0.2) is 0 Å². The van der Waals surface area contributed by atoms with E-state index in [9.17, 15) is 24.0 Å². The SMILES string of the molecule is O=Cc1ccc(C(=O)NCCOCCOCCOCCOCCOCCOCCOCCOCCOCCOCCOCCOCCC(=O)ON2C(=O)CCC2=O)cc1. The van der Waals surface area contributed by atoms with Crippen molar-refractivity contribution in [3.8, 4) is 0 Å². The van der Waals surface area contributed by atoms with Crippen LogP contribution in [0, 0.1) is 0 Å². The maximum atomic E-state index is 12.0. The second-order valence-corrected chi connectivity index (χ2v) is 12.1. The van der Waals surface area contributed by atoms with Crippen LogP contribution in [0.25, 0.3) is 0 Å². The molecule has 336 valence electrons. The molecule has 20 nitrogen and oxygen atoms in total. The van der Waals surface area contributed by atoms with Crippen molar-refractivity contribution in [3.05, 3.63) is 35.4 Å². The number of aldehydes is 1. The lowest BCUT2D eigenvalue weighted by Crippen LogP contribution is -2.32. The van der Waals surface area contributed by atoms with Crippen LogP contribution in [0.1, 0.15) is 40.0 Å². The molecule has 0 radical (unpaired) electrons. The highest BCUT2D eigenvalue weighted by Crippen LogP contribution is 2.12. The van der Waals surface area contributed by atoms with Gasteiger partial charge in [0.1, 0.15) is 6.29 Å². The zero-order chi connectivity index (χ0) is 42.3. The van der Waals surface area contributed by atoms with Crippen LogP contribution in [0.4, 0.5) is 0 Å². The molecule has 1 aromatic carbocycles. The lowest BCUT2D eigenvalue weighted by atomic mass is 10.1. The van der Waals surface area contributed by atoms with Crippen molar-refractivity contribution < 1.29 is 85.7 Å². The molecule has 1 aromatic rings. The van der Waals surface area contributed by atoms with Crippen LogP contribution in [0.2, 0.25) is 0 Å². The zero-order valence-electron chi connectivity index (χ0n) is 34.0. The first-order valence-electron chi connectivity index (χ1n) is 19.8. The summed E-state index contributed by atoms with van der Waals surface area (Å²) in [6, 6.07) is 6.40. The van der Waals surface area contributed by atoms with Crippen LogP contribution >= 0.6 is 0 Å². The van der Waals surface area contributed by atoms with E-state index in [1.165, 1.54) is 0 Å². The monoisotopic (exact) mass is 846 g/mol. The van der Waals surface area contributed by atoms with Crippen molar-refractivity contribution in [1.29, 1.82) is 0 Å². The van der Waals surface area contributed by atoms with E-state index in [0.29, 0.717) is 168 Å². The van der Waals surface area contributed by atoms with Crippen LogP contribution in [-0.2, 0) is 76.1 Å². The molecule has 1 aliphatic heterocycles. The third-order valence-electron chi connectivity index (χ3n) is 7.58. The Kier molecular flexibility index (Phi) is 32.8. The number of benzene rings is 1. The molecule has 1 saturated heterocycles. The van der Waals surface area contributed by atoms with Crippen LogP contribution < -0.4 is 5.32 Å². The van der Waals surface area contributed by atoms with Gasteiger partial charge in [-0.15, -0.1) is 5.06 Å². The Balaban J connectivity index is 1.15. The second-order valence-electron chi connectivity index (χ2n) is 12.1. The number of rotatable bonds is 42. The Morgan fingerprint density at radius 2 is 0.780 bits per heavy atom. The molecule has 3 amide bonds. The van der Waals surface area contributed by atoms with Gasteiger partial charge < -0.3 is 67.0 Å². The number of imide groups is 1. The number of nitrogens with one attached hydrogen (secondary N) is 1. The number of nitrogens with zero attached hydrogens (tertiary/aromatic N) is 1. The van der Waals surface area contributed by atoms with Crippen molar-refractivity contribution in [2.75, 3.05) is 165 Å². The predicted molar refractivity (Wildman–Crippen MR) is 206 cm³/mol. The maximum absolute atomic E-state index is 12.0. The molecule has 1 fully saturated rings. The molecule has 0 bridgehead atoms. The first-order valence-corrected chi connectivity index (χ1v) is 19.8. The molecule has 0 aliphatic carbocycles. The molecule has 0 spiro atoms. The topological polar surface area (TPSA) is 221 Å². The Bertz CT molecular complexity index is 1220. The number of ether oxygens (including phenoxy) is 12. The summed E-state index contributed by atoms with van der Waals surface area (Å²) in [5.74, 6) is -1.96. The molecule has 0 atom stereocenters. The smallest absolute Gasteiger partial charge is 0.335 e. The summed E-state index contributed by atoms with van der Waals surface area (Å²) in [4.78, 5) is 61.9. The van der Waals surface area contributed by atoms with Gasteiger partial charge in [-0.2, -0.15) is 0 Å². The fourth-order valence-electron chi connectivity index (χ4n) is 4.53. The van der Waals surface area contributed by atoms with Gasteiger partial charge in [0, 0.05) is 30.5 Å². The fourth-order valence-corrected chi connectivity index (χ4v) is 4.53. The molecular formula is C39H62N2O18. The van der Waals surface area contributed by atoms with Crippen LogP contribution in [0.3, 0.4) is 0 Å². The van der Waals surface area contributed by atoms with Gasteiger partial charge in [0.2, 0.25) is 0 Å². The van der Waals surface area contributed by atoms with Gasteiger partial charge in [0.25, 0.3) is 17.7 Å². The molecule has 2 rings (SSSR count). The Hall–Kier alpha value is -3.51. The van der Waals surface area contributed by atoms with E-state index in [1.807, 2.05) is 0 Å². The third kappa shape index (κ3) is 29.4. The minimum atomic E-state index is -0.705. The molecular weight excluding hydrogens is 784 g/mol. The Morgan fingerprint density at radius 3 is 1.10 bits per heavy atom. The number of hydroxylamine groups is 2. The van der Waals surface area contributed by atoms with E-state index in [4.69, 9.17) is 61.7 Å². The fraction of sp³-hybridized carbons (Fsp3) is 0.718. The molecule has 0 aromatic heterocycles. The number of carbonyl (C=O) groups excluding carboxylic acids is 5. The molecule has 1 heterocycles. The average Bonchev–Trinajstić information content (AvgIpc) is 3.56. The highest BCUT2D eigenvalue weighted by atomic mass is 16.7. The average molecular weight is 847 g/mol. The number of carbonyl (C=O) groups is 5. The summed E-state index contributed by atoms with van der Waals surface area (Å²) in [7, 11) is 0. The molecule has 0 saturated carbocycles. The first kappa shape index (κ1) is 51.6. The third-order valence-corrected chi connectivity index (χ3v) is 7.58. The highest BCUT2D eigenvalue weighted by Gasteiger charge is 2.32. The lowest BCUT2D eigenvalue weighted by molar-refractivity contribution is -0.198. The highest BCUT2D eigenvalue weighted by molar-refractivity contribution is 6.01. The van der Waals surface area contributed by atoms with Crippen molar-refractivity contribution in [3.63, 3.8) is 0 Å². The van der Waals surface area contributed by atoms with E-state index in [2.05, 4.69) is 5.32 Å². The first-order chi connectivity index (χ1) is 29.0. The summed E-state index contributed by atoms with van der Waals surface area (Å²) < 4.78 is 65.3. The summed E-state index contributed by atoms with van der Waals surface area (Å²) in [5, 5.41) is 3.27. The second kappa shape index (κ2) is 37.5. The standard InChI is InChI=1S/C39H62N2O18/c42-33-34-1-3-35(4-2-34)39(46)40-8-10-48-12-14-50-16-18-52-20-22-54-24-26-56-28-30-58-32-31-57-29-27-55-25-23-53-21-19-51-17-15-49-13-11-47-9-7-38(45)59-41-36(43)5-6-37(41)44/h1-4,33H,5-32H2,(H,40,46). The van der Waals surface area contributed by atoms with Gasteiger partial charge in [-0.25, -0.2) is 4.79 Å². The van der Waals surface area contributed by atoms with E-state index in [0.717, 1.165) is 6.29 Å². The van der Waals surface area contributed by atoms with Gasteiger partial charge in [0.05, 0.1) is 165 Å². The maximum Gasteiger partial charge on any atom is 0.335 e. The summed E-state index contributed by atoms with van der Waals surface area (Å²) in [6.45, 7) is 10.3. The van der Waals surface area contributed by atoms with Crippen LogP contribution in [-0.4, -0.2) is 200 Å². The van der Waals surface area contributed by atoms with Crippen molar-refractivity contribution >= 4 is 30.0 Å². The predicted octanol–water partition coefficient (Wildman–Crippen LogP) is 0.425. The molecule has 59 heavy (non-hydrogen) atoms. The van der Waals surface area contributed by atoms with Gasteiger partial charge in [-0.1, -0.05) is 12.1 Å². The van der Waals surface area contributed by atoms with Crippen molar-refractivity contribution in [2.45, 2.75) is 19.3 Å². The van der Waals surface area contributed by atoms with Gasteiger partial charge in [-0.05, 0) is 12.1 Å². The normalized spacial score (nSPS) is 12.7. The Morgan fingerprint density at radius 1 is 0.475 bits per heavy atom. The quantitative estimate of drug-likeness (QED) is 0.0535. The summed E-state index contributed by atoms with van der Waals surface area (Å²) >= 11 is 0. The van der Waals surface area contributed by atoms with E-state index >= 15 is 0 Å². The molecule has 1 N–H and O–H groups in total. The Labute approximate surface area is 345 Å². The number of amides is 3. The molecule has 1 aliphatic rings. The molecule has 0 unspecified atom stereocenters. The number of hydrogen-bond acceptors (Lipinski definition) is 18. The van der Waals surface area contributed by atoms with Crippen LogP contribution in [0.5, 0.6) is 0 Å².